The lowest BCUT2D eigenvalue weighted by molar-refractivity contribution is -0.115. The molecule has 50 heavy (non-hydrogen) atoms. The van der Waals surface area contributed by atoms with Gasteiger partial charge in [0.15, 0.2) is 5.82 Å². The summed E-state index contributed by atoms with van der Waals surface area (Å²) in [7, 11) is -2.12. The van der Waals surface area contributed by atoms with Gasteiger partial charge in [0.05, 0.1) is 46.2 Å². The number of aryl methyl sites for hydroxylation is 2. The highest BCUT2D eigenvalue weighted by Crippen LogP contribution is 2.26. The van der Waals surface area contributed by atoms with Crippen LogP contribution >= 0.6 is 23.2 Å². The van der Waals surface area contributed by atoms with Crippen LogP contribution in [0.4, 0.5) is 17.1 Å². The maximum absolute atomic E-state index is 13.0. The molecule has 2 heterocycles. The van der Waals surface area contributed by atoms with Gasteiger partial charge >= 0.3 is 0 Å². The average Bonchev–Trinajstić information content (AvgIpc) is 3.67. The highest BCUT2D eigenvalue weighted by molar-refractivity contribution is 7.95. The second kappa shape index (κ2) is 17.8. The third-order valence-electron chi connectivity index (χ3n) is 7.60. The summed E-state index contributed by atoms with van der Waals surface area (Å²) in [5.41, 5.74) is 6.20. The van der Waals surface area contributed by atoms with Crippen molar-refractivity contribution >= 4 is 84.1 Å². The molecule has 266 valence electrons. The molecule has 0 saturated heterocycles. The fourth-order valence-electron chi connectivity index (χ4n) is 4.94. The minimum atomic E-state index is -4.27. The largest absolute Gasteiger partial charge is 0.744 e. The number of hydrogen-bond acceptors (Lipinski definition) is 7. The second-order valence-electron chi connectivity index (χ2n) is 11.6. The van der Waals surface area contributed by atoms with E-state index in [4.69, 9.17) is 28.2 Å². The van der Waals surface area contributed by atoms with Crippen LogP contribution in [0.5, 0.6) is 0 Å². The van der Waals surface area contributed by atoms with Crippen molar-refractivity contribution in [1.29, 1.82) is 0 Å². The van der Waals surface area contributed by atoms with E-state index in [-0.39, 0.29) is 27.6 Å². The number of hydrogen-bond donors (Lipinski definition) is 3. The van der Waals surface area contributed by atoms with Gasteiger partial charge in [-0.2, -0.15) is 0 Å². The van der Waals surface area contributed by atoms with Crippen molar-refractivity contribution in [2.75, 3.05) is 58.6 Å². The molecule has 5 aromatic rings. The number of alkyl halides is 2. The Hall–Kier alpha value is -4.01. The number of benzene rings is 3. The predicted molar refractivity (Wildman–Crippen MR) is 205 cm³/mol. The quantitative estimate of drug-likeness (QED) is 0.0734. The zero-order chi connectivity index (χ0) is 36.4. The van der Waals surface area contributed by atoms with E-state index in [2.05, 4.69) is 33.0 Å². The summed E-state index contributed by atoms with van der Waals surface area (Å²) >= 11 is 11.8. The molecule has 11 nitrogen and oxygen atoms in total. The van der Waals surface area contributed by atoms with E-state index in [1.165, 1.54) is 12.1 Å². The van der Waals surface area contributed by atoms with E-state index >= 15 is 0 Å². The molecule has 0 saturated carbocycles. The first-order valence-electron chi connectivity index (χ1n) is 15.6. The van der Waals surface area contributed by atoms with E-state index in [9.17, 15) is 22.6 Å². The first kappa shape index (κ1) is 38.8. The maximum atomic E-state index is 13.0. The van der Waals surface area contributed by atoms with Crippen molar-refractivity contribution in [2.45, 2.75) is 18.2 Å². The van der Waals surface area contributed by atoms with E-state index in [1.54, 1.807) is 30.5 Å². The summed E-state index contributed by atoms with van der Waals surface area (Å²) in [6.45, 7) is 3.22. The summed E-state index contributed by atoms with van der Waals surface area (Å²) in [5.74, 6) is 2.38. The summed E-state index contributed by atoms with van der Waals surface area (Å²) in [6.07, 6.45) is 6.51. The highest BCUT2D eigenvalue weighted by Gasteiger charge is 2.16. The molecular weight excluding hydrogens is 719 g/mol. The predicted octanol–water partition coefficient (Wildman–Crippen LogP) is 6.21. The number of aromatic amines is 1. The number of carbonyl (C=O) groups excluding carboxylic acids is 2. The SMILES string of the molecule is Cc1ccc(S(=O)(=O)[O-])cc1.Cn1c(-c2cc(NC(=O)CC[S+](C)C)c[nH]2)nc2cc(C(=O)Nc3ccc(N(CCCl)CCCl)cc3)ccc21. The zero-order valence-electron chi connectivity index (χ0n) is 28.2. The summed E-state index contributed by atoms with van der Waals surface area (Å²) in [5, 5.41) is 5.89. The standard InChI is InChI=1S/C28H32Cl2N6O2S.C7H8O3S/c1-35-25-9-4-19(28(38)33-20-5-7-22(8-6-20)36(13-11-29)14-12-30)16-23(25)34-27(35)24-17-21(18-31-24)32-26(37)10-15-39(2)3;1-6-2-4-7(5-3-6)11(8,9)10/h4-9,16-18H,10-15H2,1-3H3,(H2-,31,32,33,34,37,38);2-5H,1H3,(H,8,9,10). The molecular formula is C35H40Cl2N6O5S2. The molecule has 0 unspecified atom stereocenters. The van der Waals surface area contributed by atoms with Crippen LogP contribution in [-0.2, 0) is 32.9 Å². The van der Waals surface area contributed by atoms with Crippen molar-refractivity contribution < 1.29 is 22.6 Å². The van der Waals surface area contributed by atoms with E-state index < -0.39 is 10.1 Å². The van der Waals surface area contributed by atoms with Gasteiger partial charge < -0.3 is 29.6 Å². The van der Waals surface area contributed by atoms with Crippen LogP contribution in [0.1, 0.15) is 22.3 Å². The van der Waals surface area contributed by atoms with E-state index in [0.717, 1.165) is 28.2 Å². The fraction of sp³-hybridized carbons (Fsp3) is 0.286. The van der Waals surface area contributed by atoms with Crippen LogP contribution in [0.2, 0.25) is 0 Å². The Morgan fingerprint density at radius 3 is 2.20 bits per heavy atom. The van der Waals surface area contributed by atoms with Gasteiger partial charge in [0, 0.05) is 55.0 Å². The molecule has 2 aromatic heterocycles. The highest BCUT2D eigenvalue weighted by atomic mass is 35.5. The molecule has 0 aliphatic heterocycles. The molecule has 3 N–H and O–H groups in total. The molecule has 0 bridgehead atoms. The Bertz CT molecular complexity index is 2010. The molecule has 0 fully saturated rings. The van der Waals surface area contributed by atoms with Gasteiger partial charge in [0.1, 0.15) is 15.9 Å². The number of imidazole rings is 1. The third-order valence-corrected chi connectivity index (χ3v) is 9.81. The van der Waals surface area contributed by atoms with Crippen LogP contribution < -0.4 is 15.5 Å². The fourth-order valence-corrected chi connectivity index (χ4v) is 6.41. The number of nitrogens with one attached hydrogen (secondary N) is 3. The van der Waals surface area contributed by atoms with Crippen LogP contribution in [0, 0.1) is 6.92 Å². The number of anilines is 3. The van der Waals surface area contributed by atoms with Crippen LogP contribution in [0.15, 0.2) is 83.9 Å². The first-order valence-corrected chi connectivity index (χ1v) is 20.3. The van der Waals surface area contributed by atoms with Crippen LogP contribution in [0.3, 0.4) is 0 Å². The zero-order valence-corrected chi connectivity index (χ0v) is 31.3. The van der Waals surface area contributed by atoms with E-state index in [0.29, 0.717) is 59.5 Å². The number of amides is 2. The lowest BCUT2D eigenvalue weighted by Crippen LogP contribution is -2.27. The molecule has 5 rings (SSSR count). The normalized spacial score (nSPS) is 11.3. The third kappa shape index (κ3) is 10.7. The van der Waals surface area contributed by atoms with Crippen LogP contribution in [0.25, 0.3) is 22.6 Å². The number of fused-ring (bicyclic) bond motifs is 1. The molecule has 3 aromatic carbocycles. The minimum absolute atomic E-state index is 0.000101. The topological polar surface area (TPSA) is 152 Å². The van der Waals surface area contributed by atoms with Crippen LogP contribution in [-0.4, -0.2) is 82.4 Å². The molecule has 0 aliphatic rings. The molecule has 0 atom stereocenters. The summed E-state index contributed by atoms with van der Waals surface area (Å²) in [6, 6.07) is 20.7. The van der Waals surface area contributed by atoms with Crippen molar-refractivity contribution in [2.24, 2.45) is 7.05 Å². The Labute approximate surface area is 305 Å². The molecule has 0 spiro atoms. The van der Waals surface area contributed by atoms with Gasteiger partial charge in [0.2, 0.25) is 5.91 Å². The number of halogens is 2. The van der Waals surface area contributed by atoms with Gasteiger partial charge in [-0.05, 0) is 78.5 Å². The number of aromatic nitrogens is 3. The number of rotatable bonds is 13. The van der Waals surface area contributed by atoms with Crippen molar-refractivity contribution in [3.05, 3.63) is 90.1 Å². The first-order chi connectivity index (χ1) is 23.8. The molecule has 0 aliphatic carbocycles. The lowest BCUT2D eigenvalue weighted by Gasteiger charge is -2.23. The Morgan fingerprint density at radius 1 is 0.940 bits per heavy atom. The van der Waals surface area contributed by atoms with Gasteiger partial charge in [-0.1, -0.05) is 17.7 Å². The second-order valence-corrected chi connectivity index (χ2v) is 16.1. The number of H-pyrrole nitrogens is 1. The Balaban J connectivity index is 0.000000435. The van der Waals surface area contributed by atoms with Crippen molar-refractivity contribution in [1.82, 2.24) is 14.5 Å². The number of carbonyl (C=O) groups is 2. The maximum Gasteiger partial charge on any atom is 0.255 e. The number of nitrogens with zero attached hydrogens (tertiary/aromatic N) is 3. The smallest absolute Gasteiger partial charge is 0.255 e. The summed E-state index contributed by atoms with van der Waals surface area (Å²) < 4.78 is 33.1. The Morgan fingerprint density at radius 2 is 1.60 bits per heavy atom. The lowest BCUT2D eigenvalue weighted by atomic mass is 10.1. The average molecular weight is 760 g/mol. The van der Waals surface area contributed by atoms with Crippen molar-refractivity contribution in [3.63, 3.8) is 0 Å². The molecule has 15 heteroatoms. The monoisotopic (exact) mass is 758 g/mol. The van der Waals surface area contributed by atoms with Gasteiger partial charge in [-0.15, -0.1) is 23.2 Å². The van der Waals surface area contributed by atoms with Crippen molar-refractivity contribution in [3.8, 4) is 11.5 Å². The van der Waals surface area contributed by atoms with E-state index in [1.807, 2.05) is 54.9 Å². The van der Waals surface area contributed by atoms with Gasteiger partial charge in [0.25, 0.3) is 5.91 Å². The van der Waals surface area contributed by atoms with Gasteiger partial charge in [-0.25, -0.2) is 13.4 Å². The molecule has 2 amide bonds. The summed E-state index contributed by atoms with van der Waals surface area (Å²) in [4.78, 5) is 35.1. The Kier molecular flexibility index (Phi) is 13.8. The minimum Gasteiger partial charge on any atom is -0.744 e. The van der Waals surface area contributed by atoms with Gasteiger partial charge in [-0.3, -0.25) is 9.59 Å². The molecule has 0 radical (unpaired) electrons.